The molecule has 0 aliphatic carbocycles. The molecule has 1 atom stereocenters. The van der Waals surface area contributed by atoms with Gasteiger partial charge in [0.2, 0.25) is 0 Å². The zero-order valence-corrected chi connectivity index (χ0v) is 16.8. The molecule has 8 heteroatoms. The maximum atomic E-state index is 12.5. The number of amidine groups is 1. The summed E-state index contributed by atoms with van der Waals surface area (Å²) < 4.78 is 28.1. The van der Waals surface area contributed by atoms with Gasteiger partial charge in [-0.3, -0.25) is 4.79 Å². The molecule has 3 N–H and O–H groups in total. The average Bonchev–Trinajstić information content (AvgIpc) is 2.99. The Labute approximate surface area is 174 Å². The minimum absolute atomic E-state index is 0.141. The summed E-state index contributed by atoms with van der Waals surface area (Å²) in [5.74, 6) is 0.131. The summed E-state index contributed by atoms with van der Waals surface area (Å²) in [7, 11) is -3.70. The Balaban J connectivity index is 1.47. The van der Waals surface area contributed by atoms with Crippen LogP contribution in [0.15, 0.2) is 82.1 Å². The van der Waals surface area contributed by atoms with Crippen molar-refractivity contribution in [3.05, 3.63) is 89.5 Å². The van der Waals surface area contributed by atoms with E-state index in [9.17, 15) is 18.3 Å². The molecular formula is C22H19N3O4S. The van der Waals surface area contributed by atoms with Gasteiger partial charge in [0.1, 0.15) is 10.6 Å². The molecule has 0 aromatic heterocycles. The highest BCUT2D eigenvalue weighted by Gasteiger charge is 2.28. The van der Waals surface area contributed by atoms with Gasteiger partial charge in [-0.15, -0.1) is 4.40 Å². The first-order valence-electron chi connectivity index (χ1n) is 9.25. The van der Waals surface area contributed by atoms with Crippen molar-refractivity contribution in [2.24, 2.45) is 4.40 Å². The first-order chi connectivity index (χ1) is 14.3. The number of sulfonamides is 1. The standard InChI is InChI=1S/C22H19N3O4S/c1-14(16-5-4-6-18(26)13-16)23-22(27)15-9-11-17(12-10-15)24-21-19-7-2-3-8-20(19)30(28,29)25-21/h2-14,26H,1H3,(H,23,27)(H,24,25). The Morgan fingerprint density at radius 1 is 1.00 bits per heavy atom. The van der Waals surface area contributed by atoms with Crippen molar-refractivity contribution in [3.63, 3.8) is 0 Å². The van der Waals surface area contributed by atoms with Crippen molar-refractivity contribution in [1.82, 2.24) is 5.32 Å². The van der Waals surface area contributed by atoms with E-state index in [0.717, 1.165) is 5.56 Å². The van der Waals surface area contributed by atoms with Crippen LogP contribution in [-0.2, 0) is 10.0 Å². The molecule has 3 aromatic carbocycles. The SMILES string of the molecule is CC(NC(=O)c1ccc(NC2=NS(=O)(=O)c3ccccc32)cc1)c1cccc(O)c1. The highest BCUT2D eigenvalue weighted by Crippen LogP contribution is 2.26. The average molecular weight is 421 g/mol. The van der Waals surface area contributed by atoms with Gasteiger partial charge >= 0.3 is 0 Å². The van der Waals surface area contributed by atoms with E-state index in [1.165, 1.54) is 6.07 Å². The molecule has 0 saturated heterocycles. The normalized spacial score (nSPS) is 15.0. The Hall–Kier alpha value is -3.65. The van der Waals surface area contributed by atoms with Crippen LogP contribution in [0.1, 0.15) is 34.5 Å². The van der Waals surface area contributed by atoms with Crippen LogP contribution in [0.5, 0.6) is 5.75 Å². The molecule has 1 heterocycles. The fourth-order valence-electron chi connectivity index (χ4n) is 3.19. The zero-order valence-electron chi connectivity index (χ0n) is 16.0. The minimum atomic E-state index is -3.70. The van der Waals surface area contributed by atoms with E-state index in [2.05, 4.69) is 15.0 Å². The molecule has 0 saturated carbocycles. The number of phenols is 1. The first kappa shape index (κ1) is 19.7. The maximum absolute atomic E-state index is 12.5. The largest absolute Gasteiger partial charge is 0.508 e. The van der Waals surface area contributed by atoms with Crippen molar-refractivity contribution >= 4 is 27.5 Å². The van der Waals surface area contributed by atoms with Crippen LogP contribution in [0, 0.1) is 0 Å². The number of nitrogens with one attached hydrogen (secondary N) is 2. The molecule has 152 valence electrons. The zero-order chi connectivity index (χ0) is 21.3. The number of carbonyl (C=O) groups excluding carboxylic acids is 1. The molecule has 1 amide bonds. The lowest BCUT2D eigenvalue weighted by Gasteiger charge is -2.15. The smallest absolute Gasteiger partial charge is 0.285 e. The lowest BCUT2D eigenvalue weighted by Crippen LogP contribution is -2.26. The lowest BCUT2D eigenvalue weighted by molar-refractivity contribution is 0.0940. The van der Waals surface area contributed by atoms with Gasteiger partial charge in [-0.05, 0) is 61.0 Å². The van der Waals surface area contributed by atoms with Crippen LogP contribution >= 0.6 is 0 Å². The summed E-state index contributed by atoms with van der Waals surface area (Å²) in [4.78, 5) is 12.7. The van der Waals surface area contributed by atoms with E-state index >= 15 is 0 Å². The Morgan fingerprint density at radius 2 is 1.73 bits per heavy atom. The van der Waals surface area contributed by atoms with Crippen molar-refractivity contribution in [1.29, 1.82) is 0 Å². The number of benzene rings is 3. The molecule has 7 nitrogen and oxygen atoms in total. The second-order valence-electron chi connectivity index (χ2n) is 6.90. The van der Waals surface area contributed by atoms with Crippen molar-refractivity contribution in [3.8, 4) is 5.75 Å². The van der Waals surface area contributed by atoms with Gasteiger partial charge in [0, 0.05) is 16.8 Å². The molecule has 30 heavy (non-hydrogen) atoms. The number of amides is 1. The lowest BCUT2D eigenvalue weighted by atomic mass is 10.1. The van der Waals surface area contributed by atoms with Crippen LogP contribution in [0.3, 0.4) is 0 Å². The topological polar surface area (TPSA) is 108 Å². The number of rotatable bonds is 4. The summed E-state index contributed by atoms with van der Waals surface area (Å²) >= 11 is 0. The monoisotopic (exact) mass is 421 g/mol. The molecule has 3 aromatic rings. The van der Waals surface area contributed by atoms with Crippen LogP contribution < -0.4 is 10.6 Å². The van der Waals surface area contributed by atoms with E-state index in [4.69, 9.17) is 0 Å². The molecule has 1 aliphatic heterocycles. The number of nitrogens with zero attached hydrogens (tertiary/aromatic N) is 1. The van der Waals surface area contributed by atoms with Crippen LogP contribution in [0.4, 0.5) is 5.69 Å². The predicted octanol–water partition coefficient (Wildman–Crippen LogP) is 3.44. The minimum Gasteiger partial charge on any atom is -0.508 e. The number of hydrogen-bond acceptors (Lipinski definition) is 5. The first-order valence-corrected chi connectivity index (χ1v) is 10.7. The molecule has 0 fully saturated rings. The fourth-order valence-corrected chi connectivity index (χ4v) is 4.37. The van der Waals surface area contributed by atoms with E-state index in [1.54, 1.807) is 60.7 Å². The van der Waals surface area contributed by atoms with Gasteiger partial charge in [-0.2, -0.15) is 8.42 Å². The van der Waals surface area contributed by atoms with E-state index in [1.807, 2.05) is 13.0 Å². The van der Waals surface area contributed by atoms with Crippen LogP contribution in [0.2, 0.25) is 0 Å². The Morgan fingerprint density at radius 3 is 2.47 bits per heavy atom. The number of phenolic OH excluding ortho intramolecular Hbond substituents is 1. The van der Waals surface area contributed by atoms with Crippen molar-refractivity contribution in [2.45, 2.75) is 17.9 Å². The van der Waals surface area contributed by atoms with Crippen LogP contribution in [0.25, 0.3) is 0 Å². The molecular weight excluding hydrogens is 402 g/mol. The number of fused-ring (bicyclic) bond motifs is 1. The third kappa shape index (κ3) is 3.90. The van der Waals surface area contributed by atoms with E-state index in [0.29, 0.717) is 16.8 Å². The molecule has 4 rings (SSSR count). The third-order valence-electron chi connectivity index (χ3n) is 4.76. The number of hydrogen-bond donors (Lipinski definition) is 3. The molecule has 1 aliphatic rings. The fraction of sp³-hybridized carbons (Fsp3) is 0.0909. The summed E-state index contributed by atoms with van der Waals surface area (Å²) in [6.45, 7) is 1.83. The summed E-state index contributed by atoms with van der Waals surface area (Å²) in [5, 5.41) is 15.5. The van der Waals surface area contributed by atoms with Gasteiger partial charge in [0.25, 0.3) is 15.9 Å². The number of carbonyl (C=O) groups is 1. The highest BCUT2D eigenvalue weighted by atomic mass is 32.2. The summed E-state index contributed by atoms with van der Waals surface area (Å²) in [5.41, 5.74) is 2.37. The third-order valence-corrected chi connectivity index (χ3v) is 6.09. The van der Waals surface area contributed by atoms with Crippen molar-refractivity contribution in [2.75, 3.05) is 5.32 Å². The van der Waals surface area contributed by atoms with Gasteiger partial charge in [-0.25, -0.2) is 0 Å². The van der Waals surface area contributed by atoms with Gasteiger partial charge < -0.3 is 15.7 Å². The summed E-state index contributed by atoms with van der Waals surface area (Å²) in [6, 6.07) is 19.7. The van der Waals surface area contributed by atoms with Crippen LogP contribution in [-0.4, -0.2) is 25.3 Å². The highest BCUT2D eigenvalue weighted by molar-refractivity contribution is 7.90. The Kier molecular flexibility index (Phi) is 5.01. The summed E-state index contributed by atoms with van der Waals surface area (Å²) in [6.07, 6.45) is 0. The number of aromatic hydroxyl groups is 1. The second kappa shape index (κ2) is 7.64. The quantitative estimate of drug-likeness (QED) is 0.598. The van der Waals surface area contributed by atoms with E-state index in [-0.39, 0.29) is 28.4 Å². The Bertz CT molecular complexity index is 1250. The van der Waals surface area contributed by atoms with Crippen molar-refractivity contribution < 1.29 is 18.3 Å². The van der Waals surface area contributed by atoms with Gasteiger partial charge in [-0.1, -0.05) is 24.3 Å². The molecule has 0 bridgehead atoms. The second-order valence-corrected chi connectivity index (χ2v) is 8.48. The maximum Gasteiger partial charge on any atom is 0.285 e. The molecule has 0 radical (unpaired) electrons. The van der Waals surface area contributed by atoms with Gasteiger partial charge in [0.15, 0.2) is 5.84 Å². The molecule has 1 unspecified atom stereocenters. The molecule has 0 spiro atoms. The predicted molar refractivity (Wildman–Crippen MR) is 114 cm³/mol. The van der Waals surface area contributed by atoms with E-state index < -0.39 is 10.0 Å². The number of anilines is 1. The van der Waals surface area contributed by atoms with Gasteiger partial charge in [0.05, 0.1) is 6.04 Å².